The molecular formula is C12H16N2O2. The summed E-state index contributed by atoms with van der Waals surface area (Å²) in [6.07, 6.45) is 1.58. The standard InChI is InChI=1S/C12H16N2O2/c1-12(2,3)16-11(15)9-4-8-5-13-7-10(8)14-6-9/h4,6,13H,5,7H2,1-3H3. The first kappa shape index (κ1) is 11.1. The molecule has 2 rings (SSSR count). The van der Waals surface area contributed by atoms with Gasteiger partial charge < -0.3 is 10.1 Å². The Hall–Kier alpha value is -1.42. The molecule has 1 aromatic rings. The smallest absolute Gasteiger partial charge is 0.340 e. The summed E-state index contributed by atoms with van der Waals surface area (Å²) >= 11 is 0. The van der Waals surface area contributed by atoms with E-state index in [9.17, 15) is 4.79 Å². The molecule has 4 nitrogen and oxygen atoms in total. The second-order valence-electron chi connectivity index (χ2n) is 4.94. The Morgan fingerprint density at radius 3 is 2.88 bits per heavy atom. The van der Waals surface area contributed by atoms with Crippen molar-refractivity contribution < 1.29 is 9.53 Å². The van der Waals surface area contributed by atoms with Crippen LogP contribution >= 0.6 is 0 Å². The molecule has 0 aliphatic carbocycles. The van der Waals surface area contributed by atoms with Crippen LogP contribution in [0.3, 0.4) is 0 Å². The van der Waals surface area contributed by atoms with Gasteiger partial charge in [-0.15, -0.1) is 0 Å². The summed E-state index contributed by atoms with van der Waals surface area (Å²) in [5.74, 6) is -0.310. The van der Waals surface area contributed by atoms with E-state index >= 15 is 0 Å². The molecule has 16 heavy (non-hydrogen) atoms. The molecule has 0 amide bonds. The number of rotatable bonds is 1. The van der Waals surface area contributed by atoms with E-state index in [1.807, 2.05) is 26.8 Å². The first-order valence-corrected chi connectivity index (χ1v) is 5.37. The summed E-state index contributed by atoms with van der Waals surface area (Å²) in [5, 5.41) is 3.19. The van der Waals surface area contributed by atoms with Crippen LogP contribution in [0.2, 0.25) is 0 Å². The largest absolute Gasteiger partial charge is 0.456 e. The molecule has 1 aliphatic heterocycles. The summed E-state index contributed by atoms with van der Waals surface area (Å²) in [4.78, 5) is 16.0. The van der Waals surface area contributed by atoms with Gasteiger partial charge in [0.1, 0.15) is 5.60 Å². The van der Waals surface area contributed by atoms with Gasteiger partial charge in [-0.3, -0.25) is 4.98 Å². The Balaban J connectivity index is 2.19. The van der Waals surface area contributed by atoms with Crippen LogP contribution < -0.4 is 5.32 Å². The number of ether oxygens (including phenoxy) is 1. The number of carbonyl (C=O) groups excluding carboxylic acids is 1. The molecule has 0 saturated heterocycles. The van der Waals surface area contributed by atoms with Gasteiger partial charge in [-0.05, 0) is 32.4 Å². The highest BCUT2D eigenvalue weighted by molar-refractivity contribution is 5.89. The SMILES string of the molecule is CC(C)(C)OC(=O)c1cnc2c(c1)CNC2. The van der Waals surface area contributed by atoms with Crippen molar-refractivity contribution in [1.29, 1.82) is 0 Å². The minimum atomic E-state index is -0.464. The third-order valence-corrected chi connectivity index (χ3v) is 2.30. The van der Waals surface area contributed by atoms with Crippen molar-refractivity contribution in [3.8, 4) is 0 Å². The quantitative estimate of drug-likeness (QED) is 0.731. The number of aromatic nitrogens is 1. The number of hydrogen-bond acceptors (Lipinski definition) is 4. The lowest BCUT2D eigenvalue weighted by Crippen LogP contribution is -2.24. The number of hydrogen-bond donors (Lipinski definition) is 1. The number of carbonyl (C=O) groups is 1. The Bertz CT molecular complexity index is 422. The van der Waals surface area contributed by atoms with Gasteiger partial charge in [0.25, 0.3) is 0 Å². The zero-order chi connectivity index (χ0) is 11.8. The van der Waals surface area contributed by atoms with Crippen LogP contribution in [-0.4, -0.2) is 16.6 Å². The fourth-order valence-corrected chi connectivity index (χ4v) is 1.62. The van der Waals surface area contributed by atoms with E-state index in [1.54, 1.807) is 6.20 Å². The second-order valence-corrected chi connectivity index (χ2v) is 4.94. The zero-order valence-corrected chi connectivity index (χ0v) is 9.83. The van der Waals surface area contributed by atoms with Crippen LogP contribution in [0.15, 0.2) is 12.3 Å². The Labute approximate surface area is 95.0 Å². The zero-order valence-electron chi connectivity index (χ0n) is 9.83. The molecule has 0 saturated carbocycles. The van der Waals surface area contributed by atoms with E-state index in [0.717, 1.165) is 24.3 Å². The predicted octanol–water partition coefficient (Wildman–Crippen LogP) is 1.64. The fraction of sp³-hybridized carbons (Fsp3) is 0.500. The monoisotopic (exact) mass is 220 g/mol. The average Bonchev–Trinajstić information content (AvgIpc) is 2.61. The van der Waals surface area contributed by atoms with Crippen molar-refractivity contribution >= 4 is 5.97 Å². The average molecular weight is 220 g/mol. The molecule has 0 atom stereocenters. The minimum absolute atomic E-state index is 0.310. The summed E-state index contributed by atoms with van der Waals surface area (Å²) in [7, 11) is 0. The van der Waals surface area contributed by atoms with Crippen molar-refractivity contribution in [2.45, 2.75) is 39.5 Å². The molecule has 86 valence electrons. The maximum Gasteiger partial charge on any atom is 0.340 e. The van der Waals surface area contributed by atoms with E-state index in [2.05, 4.69) is 10.3 Å². The van der Waals surface area contributed by atoms with Gasteiger partial charge in [-0.1, -0.05) is 0 Å². The highest BCUT2D eigenvalue weighted by atomic mass is 16.6. The number of nitrogens with zero attached hydrogens (tertiary/aromatic N) is 1. The van der Waals surface area contributed by atoms with E-state index in [0.29, 0.717) is 5.56 Å². The van der Waals surface area contributed by atoms with Gasteiger partial charge in [0.2, 0.25) is 0 Å². The molecule has 0 radical (unpaired) electrons. The van der Waals surface area contributed by atoms with Gasteiger partial charge in [-0.25, -0.2) is 4.79 Å². The summed E-state index contributed by atoms with van der Waals surface area (Å²) in [6, 6.07) is 1.86. The maximum absolute atomic E-state index is 11.8. The predicted molar refractivity (Wildman–Crippen MR) is 59.9 cm³/mol. The number of nitrogens with one attached hydrogen (secondary N) is 1. The van der Waals surface area contributed by atoms with Gasteiger partial charge in [0, 0.05) is 19.3 Å². The molecule has 2 heterocycles. The number of pyridine rings is 1. The van der Waals surface area contributed by atoms with Crippen LogP contribution in [0.5, 0.6) is 0 Å². The Kier molecular flexibility index (Phi) is 2.68. The second kappa shape index (κ2) is 3.87. The first-order valence-electron chi connectivity index (χ1n) is 5.37. The Morgan fingerprint density at radius 1 is 1.44 bits per heavy atom. The summed E-state index contributed by atoms with van der Waals surface area (Å²) in [6.45, 7) is 7.12. The van der Waals surface area contributed by atoms with Crippen molar-refractivity contribution in [3.05, 3.63) is 29.1 Å². The normalized spacial score (nSPS) is 14.7. The molecule has 0 spiro atoms. The van der Waals surface area contributed by atoms with Gasteiger partial charge >= 0.3 is 5.97 Å². The molecule has 0 unspecified atom stereocenters. The third-order valence-electron chi connectivity index (χ3n) is 2.30. The lowest BCUT2D eigenvalue weighted by Gasteiger charge is -2.19. The van der Waals surface area contributed by atoms with E-state index in [-0.39, 0.29) is 5.97 Å². The van der Waals surface area contributed by atoms with Gasteiger partial charge in [-0.2, -0.15) is 0 Å². The summed E-state index contributed by atoms with van der Waals surface area (Å²) < 4.78 is 5.28. The Morgan fingerprint density at radius 2 is 2.19 bits per heavy atom. The van der Waals surface area contributed by atoms with Crippen LogP contribution in [-0.2, 0) is 17.8 Å². The molecule has 1 aliphatic rings. The lowest BCUT2D eigenvalue weighted by atomic mass is 10.1. The van der Waals surface area contributed by atoms with E-state index in [4.69, 9.17) is 4.74 Å². The molecule has 0 bridgehead atoms. The summed E-state index contributed by atoms with van der Waals surface area (Å²) in [5.41, 5.74) is 2.17. The van der Waals surface area contributed by atoms with E-state index < -0.39 is 5.60 Å². The third kappa shape index (κ3) is 2.39. The lowest BCUT2D eigenvalue weighted by molar-refractivity contribution is 0.00690. The van der Waals surface area contributed by atoms with Crippen LogP contribution in [0.4, 0.5) is 0 Å². The molecule has 1 aromatic heterocycles. The topological polar surface area (TPSA) is 51.2 Å². The van der Waals surface area contributed by atoms with Crippen molar-refractivity contribution in [2.24, 2.45) is 0 Å². The van der Waals surface area contributed by atoms with Crippen molar-refractivity contribution in [2.75, 3.05) is 0 Å². The maximum atomic E-state index is 11.8. The van der Waals surface area contributed by atoms with Gasteiger partial charge in [0.15, 0.2) is 0 Å². The fourth-order valence-electron chi connectivity index (χ4n) is 1.62. The molecule has 4 heteroatoms. The van der Waals surface area contributed by atoms with Crippen LogP contribution in [0.1, 0.15) is 42.4 Å². The van der Waals surface area contributed by atoms with Crippen LogP contribution in [0.25, 0.3) is 0 Å². The molecule has 0 fully saturated rings. The van der Waals surface area contributed by atoms with Crippen molar-refractivity contribution in [1.82, 2.24) is 10.3 Å². The van der Waals surface area contributed by atoms with Crippen LogP contribution in [0, 0.1) is 0 Å². The molecular weight excluding hydrogens is 204 g/mol. The highest BCUT2D eigenvalue weighted by Gasteiger charge is 2.20. The molecule has 1 N–H and O–H groups in total. The minimum Gasteiger partial charge on any atom is -0.456 e. The van der Waals surface area contributed by atoms with Crippen molar-refractivity contribution in [3.63, 3.8) is 0 Å². The number of esters is 1. The number of fused-ring (bicyclic) bond motifs is 1. The highest BCUT2D eigenvalue weighted by Crippen LogP contribution is 2.17. The molecule has 0 aromatic carbocycles. The first-order chi connectivity index (χ1) is 7.46. The van der Waals surface area contributed by atoms with Gasteiger partial charge in [0.05, 0.1) is 11.3 Å². The van der Waals surface area contributed by atoms with E-state index in [1.165, 1.54) is 0 Å².